The number of phosphoric acid groups is 1. The topological polar surface area (TPSA) is 162 Å². The molecule has 1 unspecified atom stereocenters. The number of nitrogens with one attached hydrogen (secondary N) is 1. The van der Waals surface area contributed by atoms with Crippen molar-refractivity contribution in [1.29, 1.82) is 5.26 Å². The number of ether oxygens (including phenoxy) is 1. The molecule has 0 spiro atoms. The molecule has 1 aromatic carbocycles. The van der Waals surface area contributed by atoms with Gasteiger partial charge in [-0.3, -0.25) is 22.9 Å². The minimum Gasteiger partial charge on any atom is -0.394 e. The van der Waals surface area contributed by atoms with E-state index in [0.29, 0.717) is 5.56 Å². The zero-order chi connectivity index (χ0) is 26.1. The highest BCUT2D eigenvalue weighted by Crippen LogP contribution is 2.53. The third-order valence-corrected chi connectivity index (χ3v) is 6.36. The molecule has 0 aliphatic carbocycles. The van der Waals surface area contributed by atoms with Gasteiger partial charge in [0.25, 0.3) is 5.91 Å². The molecule has 1 amide bonds. The Bertz CT molecular complexity index is 1200. The largest absolute Gasteiger partial charge is 0.475 e. The van der Waals surface area contributed by atoms with Crippen LogP contribution in [-0.4, -0.2) is 58.8 Å². The number of nitrogens with zero attached hydrogens (tertiary/aromatic N) is 3. The number of aliphatic hydroxyl groups excluding tert-OH is 1. The SMILES string of the molecule is C=CCOP(=O)(OCCC#N)O[C@H]1[C@@H](F)[C@H](n2ccc(NC(=O)c3ccccc3)nc2=O)O[C@@H]1CO. The molecule has 2 aromatic rings. The molecule has 2 heterocycles. The average molecular weight is 522 g/mol. The van der Waals surface area contributed by atoms with Crippen molar-refractivity contribution in [3.63, 3.8) is 0 Å². The number of hydrogen-bond acceptors (Lipinski definition) is 10. The fourth-order valence-electron chi connectivity index (χ4n) is 3.24. The monoisotopic (exact) mass is 522 g/mol. The summed E-state index contributed by atoms with van der Waals surface area (Å²) in [5.41, 5.74) is -0.612. The molecule has 12 nitrogen and oxygen atoms in total. The first-order chi connectivity index (χ1) is 17.3. The molecule has 3 rings (SSSR count). The smallest absolute Gasteiger partial charge is 0.394 e. The molecular formula is C22H24FN4O8P. The van der Waals surface area contributed by atoms with Gasteiger partial charge in [-0.25, -0.2) is 13.8 Å². The Balaban J connectivity index is 1.77. The number of aliphatic hydroxyl groups is 1. The lowest BCUT2D eigenvalue weighted by Crippen LogP contribution is -2.35. The number of carbonyl (C=O) groups is 1. The Kier molecular flexibility index (Phi) is 9.60. The molecule has 14 heteroatoms. The van der Waals surface area contributed by atoms with Gasteiger partial charge in [0.15, 0.2) is 12.4 Å². The van der Waals surface area contributed by atoms with Gasteiger partial charge in [-0.05, 0) is 18.2 Å². The van der Waals surface area contributed by atoms with Crippen LogP contribution in [0.3, 0.4) is 0 Å². The second kappa shape index (κ2) is 12.6. The van der Waals surface area contributed by atoms with Gasteiger partial charge in [0.1, 0.15) is 18.0 Å². The van der Waals surface area contributed by atoms with Gasteiger partial charge in [-0.2, -0.15) is 10.2 Å². The Labute approximate surface area is 205 Å². The highest BCUT2D eigenvalue weighted by atomic mass is 31.2. The van der Waals surface area contributed by atoms with Crippen LogP contribution in [0.2, 0.25) is 0 Å². The van der Waals surface area contributed by atoms with Crippen LogP contribution < -0.4 is 11.0 Å². The molecule has 1 aliphatic rings. The zero-order valence-electron chi connectivity index (χ0n) is 18.9. The molecule has 2 N–H and O–H groups in total. The normalized spacial score (nSPS) is 22.9. The fourth-order valence-corrected chi connectivity index (χ4v) is 4.59. The first kappa shape index (κ1) is 27.3. The van der Waals surface area contributed by atoms with Crippen LogP contribution in [0, 0.1) is 11.3 Å². The summed E-state index contributed by atoms with van der Waals surface area (Å²) in [6.07, 6.45) is -4.41. The number of amides is 1. The molecule has 1 fully saturated rings. The van der Waals surface area contributed by atoms with E-state index in [9.17, 15) is 19.3 Å². The van der Waals surface area contributed by atoms with Crippen LogP contribution in [0.15, 0.2) is 60.0 Å². The summed E-state index contributed by atoms with van der Waals surface area (Å²) >= 11 is 0. The first-order valence-electron chi connectivity index (χ1n) is 10.7. The minimum atomic E-state index is -4.39. The van der Waals surface area contributed by atoms with E-state index >= 15 is 4.39 Å². The van der Waals surface area contributed by atoms with Gasteiger partial charge in [-0.1, -0.05) is 24.3 Å². The van der Waals surface area contributed by atoms with Gasteiger partial charge in [0.2, 0.25) is 0 Å². The molecule has 36 heavy (non-hydrogen) atoms. The van der Waals surface area contributed by atoms with E-state index in [2.05, 4.69) is 16.9 Å². The van der Waals surface area contributed by atoms with Crippen molar-refractivity contribution in [3.05, 3.63) is 71.3 Å². The third-order valence-electron chi connectivity index (χ3n) is 4.89. The summed E-state index contributed by atoms with van der Waals surface area (Å²) in [6.45, 7) is 2.10. The highest BCUT2D eigenvalue weighted by Gasteiger charge is 2.50. The Morgan fingerprint density at radius 1 is 1.36 bits per heavy atom. The number of phosphoric ester groups is 1. The number of nitriles is 1. The second-order valence-electron chi connectivity index (χ2n) is 7.36. The van der Waals surface area contributed by atoms with Crippen molar-refractivity contribution in [2.75, 3.05) is 25.1 Å². The molecule has 0 bridgehead atoms. The van der Waals surface area contributed by atoms with Gasteiger partial charge >= 0.3 is 13.5 Å². The predicted octanol–water partition coefficient (Wildman–Crippen LogP) is 2.35. The van der Waals surface area contributed by atoms with Crippen molar-refractivity contribution >= 4 is 19.5 Å². The van der Waals surface area contributed by atoms with Gasteiger partial charge in [0.05, 0.1) is 32.3 Å². The van der Waals surface area contributed by atoms with E-state index < -0.39 is 50.6 Å². The first-order valence-corrected chi connectivity index (χ1v) is 12.2. The summed E-state index contributed by atoms with van der Waals surface area (Å²) in [5.74, 6) is -0.570. The van der Waals surface area contributed by atoms with E-state index in [1.807, 2.05) is 0 Å². The lowest BCUT2D eigenvalue weighted by Gasteiger charge is -2.24. The van der Waals surface area contributed by atoms with Gasteiger partial charge in [-0.15, -0.1) is 6.58 Å². The minimum absolute atomic E-state index is 0.0711. The quantitative estimate of drug-likeness (QED) is 0.240. The number of alkyl halides is 1. The fraction of sp³-hybridized carbons (Fsp3) is 0.364. The molecule has 1 saturated heterocycles. The maximum absolute atomic E-state index is 15.4. The third kappa shape index (κ3) is 6.70. The summed E-state index contributed by atoms with van der Waals surface area (Å²) in [7, 11) is -4.39. The predicted molar refractivity (Wildman–Crippen MR) is 124 cm³/mol. The molecule has 0 radical (unpaired) electrons. The lowest BCUT2D eigenvalue weighted by atomic mass is 10.1. The van der Waals surface area contributed by atoms with E-state index in [0.717, 1.165) is 10.8 Å². The summed E-state index contributed by atoms with van der Waals surface area (Å²) in [6, 6.07) is 11.3. The highest BCUT2D eigenvalue weighted by molar-refractivity contribution is 7.48. The van der Waals surface area contributed by atoms with E-state index in [1.165, 1.54) is 12.1 Å². The molecule has 1 aliphatic heterocycles. The van der Waals surface area contributed by atoms with Crippen LogP contribution >= 0.6 is 7.82 Å². The Morgan fingerprint density at radius 3 is 2.75 bits per heavy atom. The molecular weight excluding hydrogens is 498 g/mol. The Morgan fingerprint density at radius 2 is 2.11 bits per heavy atom. The maximum Gasteiger partial charge on any atom is 0.475 e. The number of carbonyl (C=O) groups excluding carboxylic acids is 1. The number of anilines is 1. The van der Waals surface area contributed by atoms with Crippen molar-refractivity contribution in [3.8, 4) is 6.07 Å². The number of aromatic nitrogens is 2. The van der Waals surface area contributed by atoms with Crippen LogP contribution in [0.25, 0.3) is 0 Å². The lowest BCUT2D eigenvalue weighted by molar-refractivity contribution is -0.0499. The van der Waals surface area contributed by atoms with Crippen molar-refractivity contribution in [2.24, 2.45) is 0 Å². The number of benzene rings is 1. The van der Waals surface area contributed by atoms with Crippen molar-refractivity contribution in [2.45, 2.75) is 31.0 Å². The van der Waals surface area contributed by atoms with Crippen LogP contribution in [0.5, 0.6) is 0 Å². The Hall–Kier alpha value is -3.24. The van der Waals surface area contributed by atoms with Gasteiger partial charge in [0, 0.05) is 11.8 Å². The average Bonchev–Trinajstić information content (AvgIpc) is 3.18. The number of rotatable bonds is 12. The summed E-state index contributed by atoms with van der Waals surface area (Å²) in [5, 5.41) is 20.8. The molecule has 0 saturated carbocycles. The van der Waals surface area contributed by atoms with Crippen molar-refractivity contribution in [1.82, 2.24) is 9.55 Å². The number of hydrogen-bond donors (Lipinski definition) is 2. The van der Waals surface area contributed by atoms with Crippen LogP contribution in [0.1, 0.15) is 23.0 Å². The van der Waals surface area contributed by atoms with E-state index in [4.69, 9.17) is 23.6 Å². The summed E-state index contributed by atoms with van der Waals surface area (Å²) < 4.78 is 50.0. The van der Waals surface area contributed by atoms with E-state index in [-0.39, 0.29) is 25.5 Å². The van der Waals surface area contributed by atoms with E-state index in [1.54, 1.807) is 36.4 Å². The molecule has 5 atom stereocenters. The zero-order valence-corrected chi connectivity index (χ0v) is 19.8. The maximum atomic E-state index is 15.4. The van der Waals surface area contributed by atoms with Crippen molar-refractivity contribution < 1.29 is 37.2 Å². The standard InChI is InChI=1S/C22H24FN4O8P/c1-2-12-32-36(31,33-13-6-10-24)35-19-16(14-28)34-21(18(19)23)27-11-9-17(26-22(27)30)25-20(29)15-7-4-3-5-8-15/h2-5,7-9,11,16,18-19,21,28H,1,6,12-14H2,(H,25,26,29,30)/t16-,18-,19-,21-,36?/m1/s1. The molecule has 1 aromatic heterocycles. The second-order valence-corrected chi connectivity index (χ2v) is 8.98. The van der Waals surface area contributed by atoms with Gasteiger partial charge < -0.3 is 15.2 Å². The number of halogens is 1. The van der Waals surface area contributed by atoms with Crippen LogP contribution in [-0.2, 0) is 22.9 Å². The molecule has 192 valence electrons. The van der Waals surface area contributed by atoms with Crippen LogP contribution in [0.4, 0.5) is 10.2 Å². The summed E-state index contributed by atoms with van der Waals surface area (Å²) in [4.78, 5) is 28.6.